The number of carbonyl (C=O) groups is 1. The highest BCUT2D eigenvalue weighted by molar-refractivity contribution is 7.90. The van der Waals surface area contributed by atoms with Crippen LogP contribution in [0.4, 0.5) is 0 Å². The molecule has 0 radical (unpaired) electrons. The normalized spacial score (nSPS) is 38.3. The van der Waals surface area contributed by atoms with Gasteiger partial charge in [-0.2, -0.15) is 0 Å². The first-order chi connectivity index (χ1) is 13.7. The number of amides is 1. The van der Waals surface area contributed by atoms with Crippen molar-refractivity contribution >= 4 is 26.7 Å². The van der Waals surface area contributed by atoms with E-state index in [9.17, 15) is 13.2 Å². The van der Waals surface area contributed by atoms with Crippen LogP contribution in [-0.4, -0.2) is 30.4 Å². The van der Waals surface area contributed by atoms with Crippen molar-refractivity contribution in [3.8, 4) is 0 Å². The van der Waals surface area contributed by atoms with Gasteiger partial charge >= 0.3 is 0 Å². The molecule has 4 fully saturated rings. The molecule has 2 aromatic carbocycles. The maximum absolute atomic E-state index is 13.4. The zero-order valence-electron chi connectivity index (χ0n) is 17.0. The second-order valence-electron chi connectivity index (χ2n) is 10.3. The Morgan fingerprint density at radius 3 is 2.59 bits per heavy atom. The van der Waals surface area contributed by atoms with Crippen LogP contribution >= 0.6 is 0 Å². The van der Waals surface area contributed by atoms with E-state index in [0.717, 1.165) is 31.2 Å². The van der Waals surface area contributed by atoms with Crippen LogP contribution in [0, 0.1) is 22.7 Å². The van der Waals surface area contributed by atoms with E-state index in [2.05, 4.69) is 44.2 Å². The van der Waals surface area contributed by atoms with E-state index in [1.807, 2.05) is 12.1 Å². The van der Waals surface area contributed by atoms with Crippen molar-refractivity contribution in [3.63, 3.8) is 0 Å². The summed E-state index contributed by atoms with van der Waals surface area (Å²) >= 11 is 0. The summed E-state index contributed by atoms with van der Waals surface area (Å²) in [4.78, 5) is 13.4. The van der Waals surface area contributed by atoms with Crippen LogP contribution in [0.2, 0.25) is 0 Å². The lowest BCUT2D eigenvalue weighted by Crippen LogP contribution is -2.44. The van der Waals surface area contributed by atoms with Gasteiger partial charge in [-0.1, -0.05) is 56.3 Å². The molecule has 1 aliphatic heterocycles. The Morgan fingerprint density at radius 2 is 1.83 bits per heavy atom. The molecular weight excluding hydrogens is 382 g/mol. The Bertz CT molecular complexity index is 1150. The van der Waals surface area contributed by atoms with Crippen LogP contribution in [0.5, 0.6) is 0 Å². The summed E-state index contributed by atoms with van der Waals surface area (Å²) in [6.45, 7) is 4.45. The molecule has 1 saturated heterocycles. The minimum absolute atomic E-state index is 0.00106. The van der Waals surface area contributed by atoms with E-state index in [1.165, 1.54) is 15.1 Å². The van der Waals surface area contributed by atoms with Gasteiger partial charge in [0.25, 0.3) is 0 Å². The Kier molecular flexibility index (Phi) is 3.35. The maximum Gasteiger partial charge on any atom is 0.240 e. The third-order valence-electron chi connectivity index (χ3n) is 8.94. The minimum Gasteiger partial charge on any atom is -0.273 e. The second kappa shape index (κ2) is 5.42. The predicted octanol–water partition coefficient (Wildman–Crippen LogP) is 4.31. The Labute approximate surface area is 172 Å². The molecule has 6 rings (SSSR count). The fourth-order valence-corrected chi connectivity index (χ4v) is 9.60. The molecule has 4 aliphatic rings. The SMILES string of the molecule is CC1(C)[C@H]2CC[C@@]13CS(=O)(=O)N(C(=O)[C@@H]1C[C@H]1c1ccc4ccccc4c1)[C@@H]3C2. The van der Waals surface area contributed by atoms with Gasteiger partial charge in [0.2, 0.25) is 15.9 Å². The van der Waals surface area contributed by atoms with Gasteiger partial charge in [-0.3, -0.25) is 4.79 Å². The Balaban J connectivity index is 1.30. The van der Waals surface area contributed by atoms with Gasteiger partial charge in [-0.05, 0) is 59.3 Å². The number of carbonyl (C=O) groups excluding carboxylic acids is 1. The van der Waals surface area contributed by atoms with Crippen molar-refractivity contribution in [1.29, 1.82) is 0 Å². The van der Waals surface area contributed by atoms with Gasteiger partial charge < -0.3 is 0 Å². The van der Waals surface area contributed by atoms with Gasteiger partial charge in [0, 0.05) is 11.3 Å². The first-order valence-corrected chi connectivity index (χ1v) is 12.4. The van der Waals surface area contributed by atoms with Crippen LogP contribution in [-0.2, 0) is 14.8 Å². The molecule has 0 unspecified atom stereocenters. The third kappa shape index (κ3) is 2.20. The molecule has 2 aromatic rings. The Morgan fingerprint density at radius 1 is 1.07 bits per heavy atom. The molecular formula is C24H27NO3S. The number of nitrogens with zero attached hydrogens (tertiary/aromatic N) is 1. The lowest BCUT2D eigenvalue weighted by molar-refractivity contribution is -0.130. The fraction of sp³-hybridized carbons (Fsp3) is 0.542. The second-order valence-corrected chi connectivity index (χ2v) is 12.2. The van der Waals surface area contributed by atoms with Crippen molar-refractivity contribution in [2.24, 2.45) is 22.7 Å². The van der Waals surface area contributed by atoms with E-state index in [1.54, 1.807) is 0 Å². The average molecular weight is 410 g/mol. The fourth-order valence-electron chi connectivity index (χ4n) is 7.02. The van der Waals surface area contributed by atoms with Gasteiger partial charge in [0.05, 0.1) is 11.8 Å². The third-order valence-corrected chi connectivity index (χ3v) is 10.9. The smallest absolute Gasteiger partial charge is 0.240 e. The molecule has 3 saturated carbocycles. The van der Waals surface area contributed by atoms with Gasteiger partial charge in [0.15, 0.2) is 0 Å². The average Bonchev–Trinajstić information content (AvgIpc) is 3.35. The molecule has 3 aliphatic carbocycles. The summed E-state index contributed by atoms with van der Waals surface area (Å²) < 4.78 is 27.6. The van der Waals surface area contributed by atoms with Crippen LogP contribution < -0.4 is 0 Å². The van der Waals surface area contributed by atoms with Gasteiger partial charge in [0.1, 0.15) is 0 Å². The lowest BCUT2D eigenvalue weighted by atomic mass is 9.69. The summed E-state index contributed by atoms with van der Waals surface area (Å²) in [7, 11) is -3.52. The molecule has 29 heavy (non-hydrogen) atoms. The largest absolute Gasteiger partial charge is 0.273 e. The van der Waals surface area contributed by atoms with Crippen molar-refractivity contribution in [2.75, 3.05) is 5.75 Å². The lowest BCUT2D eigenvalue weighted by Gasteiger charge is -2.37. The predicted molar refractivity (Wildman–Crippen MR) is 113 cm³/mol. The zero-order chi connectivity index (χ0) is 20.2. The molecule has 2 bridgehead atoms. The summed E-state index contributed by atoms with van der Waals surface area (Å²) in [6, 6.07) is 14.5. The first-order valence-electron chi connectivity index (χ1n) is 10.8. The molecule has 5 atom stereocenters. The highest BCUT2D eigenvalue weighted by atomic mass is 32.2. The summed E-state index contributed by atoms with van der Waals surface area (Å²) in [5.41, 5.74) is 0.919. The first kappa shape index (κ1) is 17.9. The van der Waals surface area contributed by atoms with E-state index >= 15 is 0 Å². The van der Waals surface area contributed by atoms with Crippen LogP contribution in [0.1, 0.15) is 51.0 Å². The summed E-state index contributed by atoms with van der Waals surface area (Å²) in [5.74, 6) is 0.503. The van der Waals surface area contributed by atoms with Crippen molar-refractivity contribution in [1.82, 2.24) is 4.31 Å². The van der Waals surface area contributed by atoms with Gasteiger partial charge in [-0.15, -0.1) is 0 Å². The van der Waals surface area contributed by atoms with Crippen LogP contribution in [0.15, 0.2) is 42.5 Å². The zero-order valence-corrected chi connectivity index (χ0v) is 17.8. The number of sulfonamides is 1. The number of fused-ring (bicyclic) bond motifs is 2. The minimum atomic E-state index is -3.52. The molecule has 5 heteroatoms. The van der Waals surface area contributed by atoms with Crippen molar-refractivity contribution < 1.29 is 13.2 Å². The van der Waals surface area contributed by atoms with Crippen molar-refractivity contribution in [2.45, 2.75) is 51.5 Å². The number of hydrogen-bond acceptors (Lipinski definition) is 3. The Hall–Kier alpha value is -1.88. The summed E-state index contributed by atoms with van der Waals surface area (Å²) in [6.07, 6.45) is 3.66. The van der Waals surface area contributed by atoms with E-state index in [-0.39, 0.29) is 40.4 Å². The molecule has 0 N–H and O–H groups in total. The summed E-state index contributed by atoms with van der Waals surface area (Å²) in [5, 5.41) is 2.36. The molecule has 1 spiro atoms. The van der Waals surface area contributed by atoms with E-state index in [4.69, 9.17) is 0 Å². The molecule has 152 valence electrons. The van der Waals surface area contributed by atoms with Gasteiger partial charge in [-0.25, -0.2) is 12.7 Å². The molecule has 1 amide bonds. The molecule has 4 nitrogen and oxygen atoms in total. The highest BCUT2D eigenvalue weighted by Gasteiger charge is 2.73. The molecule has 1 heterocycles. The van der Waals surface area contributed by atoms with Crippen LogP contribution in [0.25, 0.3) is 10.8 Å². The highest BCUT2D eigenvalue weighted by Crippen LogP contribution is 2.70. The van der Waals surface area contributed by atoms with E-state index in [0.29, 0.717) is 5.92 Å². The quantitative estimate of drug-likeness (QED) is 0.743. The van der Waals surface area contributed by atoms with Crippen LogP contribution in [0.3, 0.4) is 0 Å². The maximum atomic E-state index is 13.4. The number of benzene rings is 2. The standard InChI is InChI=1S/C24H27NO3S/c1-23(2)18-9-10-24(23)14-29(27,28)25(21(24)12-18)22(26)20-13-19(20)17-8-7-15-5-3-4-6-16(15)11-17/h3-8,11,18-21H,9-10,12-14H2,1-2H3/t18-,19-,20+,21+,24-/m0/s1. The monoisotopic (exact) mass is 409 g/mol. The molecule has 0 aromatic heterocycles. The van der Waals surface area contributed by atoms with Crippen molar-refractivity contribution in [3.05, 3.63) is 48.0 Å². The number of hydrogen-bond donors (Lipinski definition) is 0. The topological polar surface area (TPSA) is 54.5 Å². The van der Waals surface area contributed by atoms with E-state index < -0.39 is 10.0 Å². The number of rotatable bonds is 2.